The van der Waals surface area contributed by atoms with Gasteiger partial charge in [0.05, 0.1) is 0 Å². The van der Waals surface area contributed by atoms with Crippen molar-refractivity contribution in [1.29, 1.82) is 0 Å². The topological polar surface area (TPSA) is 95.7 Å². The Kier molecular flexibility index (Phi) is 5.75. The SMILES string of the molecule is CC1CC(CN)CN1C(=O)CCN1C(=O)NC2(CCCC2)C1=O.Cl. The average molecular weight is 359 g/mol. The molecule has 0 radical (unpaired) electrons. The Morgan fingerprint density at radius 3 is 2.58 bits per heavy atom. The number of likely N-dealkylation sites (tertiary alicyclic amines) is 1. The first-order valence-electron chi connectivity index (χ1n) is 8.60. The molecule has 3 aliphatic rings. The first-order chi connectivity index (χ1) is 11.0. The summed E-state index contributed by atoms with van der Waals surface area (Å²) in [5.74, 6) is 0.205. The third kappa shape index (κ3) is 3.24. The van der Waals surface area contributed by atoms with Gasteiger partial charge in [0, 0.05) is 25.6 Å². The maximum atomic E-state index is 12.5. The van der Waals surface area contributed by atoms with Gasteiger partial charge in [-0.05, 0) is 38.6 Å². The van der Waals surface area contributed by atoms with E-state index >= 15 is 0 Å². The monoisotopic (exact) mass is 358 g/mol. The lowest BCUT2D eigenvalue weighted by Gasteiger charge is -2.23. The zero-order valence-corrected chi connectivity index (χ0v) is 14.9. The Bertz CT molecular complexity index is 521. The summed E-state index contributed by atoms with van der Waals surface area (Å²) in [6.07, 6.45) is 4.47. The van der Waals surface area contributed by atoms with E-state index in [-0.39, 0.29) is 49.3 Å². The Hall–Kier alpha value is -1.34. The molecule has 3 fully saturated rings. The molecule has 1 spiro atoms. The zero-order chi connectivity index (χ0) is 16.6. The molecule has 136 valence electrons. The number of imide groups is 1. The van der Waals surface area contributed by atoms with Gasteiger partial charge < -0.3 is 16.0 Å². The van der Waals surface area contributed by atoms with Crippen molar-refractivity contribution in [2.45, 2.75) is 57.0 Å². The summed E-state index contributed by atoms with van der Waals surface area (Å²) < 4.78 is 0. The number of carbonyl (C=O) groups is 3. The van der Waals surface area contributed by atoms with E-state index in [0.717, 1.165) is 19.3 Å². The lowest BCUT2D eigenvalue weighted by molar-refractivity contribution is -0.134. The Balaban J connectivity index is 0.00000208. The van der Waals surface area contributed by atoms with Crippen LogP contribution in [-0.4, -0.2) is 58.9 Å². The van der Waals surface area contributed by atoms with Crippen molar-refractivity contribution in [2.24, 2.45) is 11.7 Å². The van der Waals surface area contributed by atoms with Gasteiger partial charge in [0.1, 0.15) is 5.54 Å². The molecule has 8 heteroatoms. The van der Waals surface area contributed by atoms with Gasteiger partial charge in [0.15, 0.2) is 0 Å². The van der Waals surface area contributed by atoms with Crippen LogP contribution in [0.4, 0.5) is 4.79 Å². The van der Waals surface area contributed by atoms with Crippen molar-refractivity contribution in [1.82, 2.24) is 15.1 Å². The predicted octanol–water partition coefficient (Wildman–Crippen LogP) is 0.859. The molecular weight excluding hydrogens is 332 g/mol. The van der Waals surface area contributed by atoms with E-state index in [1.807, 2.05) is 11.8 Å². The number of rotatable bonds is 4. The number of nitrogens with zero attached hydrogens (tertiary/aromatic N) is 2. The van der Waals surface area contributed by atoms with Crippen LogP contribution in [0, 0.1) is 5.92 Å². The summed E-state index contributed by atoms with van der Waals surface area (Å²) >= 11 is 0. The highest BCUT2D eigenvalue weighted by Crippen LogP contribution is 2.35. The minimum Gasteiger partial charge on any atom is -0.340 e. The molecule has 4 amide bonds. The fourth-order valence-electron chi connectivity index (χ4n) is 4.21. The number of nitrogens with two attached hydrogens (primary N) is 1. The van der Waals surface area contributed by atoms with Crippen LogP contribution in [0.25, 0.3) is 0 Å². The van der Waals surface area contributed by atoms with Crippen molar-refractivity contribution in [3.8, 4) is 0 Å². The zero-order valence-electron chi connectivity index (χ0n) is 14.1. The molecule has 0 bridgehead atoms. The van der Waals surface area contributed by atoms with Gasteiger partial charge in [-0.25, -0.2) is 4.79 Å². The molecular formula is C16H27ClN4O3. The summed E-state index contributed by atoms with van der Waals surface area (Å²) in [4.78, 5) is 40.1. The number of hydrogen-bond donors (Lipinski definition) is 2. The van der Waals surface area contributed by atoms with Crippen molar-refractivity contribution in [3.05, 3.63) is 0 Å². The molecule has 3 rings (SSSR count). The number of halogens is 1. The fourth-order valence-corrected chi connectivity index (χ4v) is 4.21. The molecule has 24 heavy (non-hydrogen) atoms. The van der Waals surface area contributed by atoms with Crippen LogP contribution in [0.15, 0.2) is 0 Å². The van der Waals surface area contributed by atoms with E-state index in [4.69, 9.17) is 5.73 Å². The highest BCUT2D eigenvalue weighted by Gasteiger charge is 2.52. The van der Waals surface area contributed by atoms with Gasteiger partial charge in [-0.15, -0.1) is 12.4 Å². The molecule has 2 heterocycles. The number of hydrogen-bond acceptors (Lipinski definition) is 4. The summed E-state index contributed by atoms with van der Waals surface area (Å²) in [5.41, 5.74) is 5.00. The minimum atomic E-state index is -0.689. The quantitative estimate of drug-likeness (QED) is 0.728. The molecule has 0 aromatic rings. The molecule has 0 aromatic heterocycles. The third-order valence-electron chi connectivity index (χ3n) is 5.57. The van der Waals surface area contributed by atoms with Crippen molar-refractivity contribution in [3.63, 3.8) is 0 Å². The molecule has 1 saturated carbocycles. The van der Waals surface area contributed by atoms with Gasteiger partial charge in [0.25, 0.3) is 5.91 Å². The molecule has 7 nitrogen and oxygen atoms in total. The van der Waals surface area contributed by atoms with E-state index in [1.165, 1.54) is 4.90 Å². The van der Waals surface area contributed by atoms with Crippen LogP contribution < -0.4 is 11.1 Å². The number of urea groups is 1. The first-order valence-corrected chi connectivity index (χ1v) is 8.60. The van der Waals surface area contributed by atoms with E-state index in [1.54, 1.807) is 0 Å². The maximum absolute atomic E-state index is 12.5. The van der Waals surface area contributed by atoms with E-state index in [9.17, 15) is 14.4 Å². The third-order valence-corrected chi connectivity index (χ3v) is 5.57. The lowest BCUT2D eigenvalue weighted by atomic mass is 9.98. The smallest absolute Gasteiger partial charge is 0.325 e. The largest absolute Gasteiger partial charge is 0.340 e. The van der Waals surface area contributed by atoms with E-state index < -0.39 is 5.54 Å². The summed E-state index contributed by atoms with van der Waals surface area (Å²) in [5, 5.41) is 2.84. The molecule has 1 aliphatic carbocycles. The van der Waals surface area contributed by atoms with Gasteiger partial charge in [-0.2, -0.15) is 0 Å². The number of amides is 4. The van der Waals surface area contributed by atoms with Crippen LogP contribution in [0.3, 0.4) is 0 Å². The van der Waals surface area contributed by atoms with Crippen molar-refractivity contribution < 1.29 is 14.4 Å². The van der Waals surface area contributed by atoms with E-state index in [0.29, 0.717) is 31.8 Å². The van der Waals surface area contributed by atoms with Gasteiger partial charge >= 0.3 is 6.03 Å². The van der Waals surface area contributed by atoms with Crippen LogP contribution in [0.1, 0.15) is 45.4 Å². The molecule has 0 aromatic carbocycles. The van der Waals surface area contributed by atoms with Crippen LogP contribution in [-0.2, 0) is 9.59 Å². The number of nitrogens with one attached hydrogen (secondary N) is 1. The van der Waals surface area contributed by atoms with Gasteiger partial charge in [-0.1, -0.05) is 12.8 Å². The second kappa shape index (κ2) is 7.27. The number of carbonyl (C=O) groups excluding carboxylic acids is 3. The Morgan fingerprint density at radius 2 is 2.00 bits per heavy atom. The summed E-state index contributed by atoms with van der Waals surface area (Å²) in [6.45, 7) is 3.46. The predicted molar refractivity (Wildman–Crippen MR) is 91.6 cm³/mol. The van der Waals surface area contributed by atoms with Crippen molar-refractivity contribution in [2.75, 3.05) is 19.6 Å². The lowest BCUT2D eigenvalue weighted by Crippen LogP contribution is -2.44. The molecule has 2 aliphatic heterocycles. The second-order valence-electron chi connectivity index (χ2n) is 7.16. The highest BCUT2D eigenvalue weighted by atomic mass is 35.5. The first kappa shape index (κ1) is 19.0. The molecule has 2 unspecified atom stereocenters. The van der Waals surface area contributed by atoms with Gasteiger partial charge in [-0.3, -0.25) is 14.5 Å². The average Bonchev–Trinajstić information content (AvgIpc) is 3.19. The summed E-state index contributed by atoms with van der Waals surface area (Å²) in [7, 11) is 0. The van der Waals surface area contributed by atoms with Gasteiger partial charge in [0.2, 0.25) is 5.91 Å². The van der Waals surface area contributed by atoms with Crippen molar-refractivity contribution >= 4 is 30.3 Å². The second-order valence-corrected chi connectivity index (χ2v) is 7.16. The molecule has 2 atom stereocenters. The summed E-state index contributed by atoms with van der Waals surface area (Å²) in [6, 6.07) is -0.167. The Morgan fingerprint density at radius 1 is 1.33 bits per heavy atom. The van der Waals surface area contributed by atoms with Crippen LogP contribution >= 0.6 is 12.4 Å². The minimum absolute atomic E-state index is 0. The maximum Gasteiger partial charge on any atom is 0.325 e. The Labute approximate surface area is 148 Å². The molecule has 3 N–H and O–H groups in total. The normalized spacial score (nSPS) is 28.4. The molecule has 2 saturated heterocycles. The van der Waals surface area contributed by atoms with E-state index in [2.05, 4.69) is 5.32 Å². The highest BCUT2D eigenvalue weighted by molar-refractivity contribution is 6.07. The van der Waals surface area contributed by atoms with Crippen LogP contribution in [0.5, 0.6) is 0 Å². The van der Waals surface area contributed by atoms with Crippen LogP contribution in [0.2, 0.25) is 0 Å². The standard InChI is InChI=1S/C16H26N4O3.ClH/c1-11-8-12(9-17)10-20(11)13(21)4-7-19-14(22)16(18-15(19)23)5-2-3-6-16;/h11-12H,2-10,17H2,1H3,(H,18,23);1H. The fraction of sp³-hybridized carbons (Fsp3) is 0.812.